The molecule has 0 fully saturated rings. The first kappa shape index (κ1) is 9.99. The minimum absolute atomic E-state index is 0.397. The molecule has 2 nitrogen and oxygen atoms in total. The number of methoxy groups -OCH3 is 1. The van der Waals surface area contributed by atoms with Crippen molar-refractivity contribution >= 4 is 17.6 Å². The largest absolute Gasteiger partial charge is 0.468 e. The standard InChI is InChI=1S/C9H8ClFO2/c1-13-9(12)8(10)6-3-2-4-7(11)5-6/h2-5,8H,1H3. The summed E-state index contributed by atoms with van der Waals surface area (Å²) < 4.78 is 17.1. The number of benzene rings is 1. The van der Waals surface area contributed by atoms with Crippen molar-refractivity contribution in [3.8, 4) is 0 Å². The minimum Gasteiger partial charge on any atom is -0.468 e. The summed E-state index contributed by atoms with van der Waals surface area (Å²) in [4.78, 5) is 10.9. The number of hydrogen-bond donors (Lipinski definition) is 0. The first-order valence-corrected chi connectivity index (χ1v) is 4.06. The van der Waals surface area contributed by atoms with Crippen LogP contribution < -0.4 is 0 Å². The topological polar surface area (TPSA) is 26.3 Å². The van der Waals surface area contributed by atoms with E-state index in [0.29, 0.717) is 5.56 Å². The van der Waals surface area contributed by atoms with Gasteiger partial charge in [-0.25, -0.2) is 4.39 Å². The van der Waals surface area contributed by atoms with Gasteiger partial charge in [0.1, 0.15) is 5.82 Å². The highest BCUT2D eigenvalue weighted by molar-refractivity contribution is 6.29. The quantitative estimate of drug-likeness (QED) is 0.543. The lowest BCUT2D eigenvalue weighted by Crippen LogP contribution is -2.08. The summed E-state index contributed by atoms with van der Waals surface area (Å²) in [6, 6.07) is 5.54. The van der Waals surface area contributed by atoms with E-state index < -0.39 is 17.2 Å². The number of rotatable bonds is 2. The Balaban J connectivity index is 2.88. The lowest BCUT2D eigenvalue weighted by molar-refractivity contribution is -0.140. The molecule has 1 rings (SSSR count). The first-order chi connectivity index (χ1) is 6.15. The molecule has 1 atom stereocenters. The zero-order chi connectivity index (χ0) is 9.84. The van der Waals surface area contributed by atoms with Gasteiger partial charge in [0.15, 0.2) is 5.38 Å². The van der Waals surface area contributed by atoms with Gasteiger partial charge < -0.3 is 4.74 Å². The van der Waals surface area contributed by atoms with Gasteiger partial charge >= 0.3 is 5.97 Å². The Hall–Kier alpha value is -1.09. The zero-order valence-electron chi connectivity index (χ0n) is 6.96. The number of carbonyl (C=O) groups is 1. The summed E-state index contributed by atoms with van der Waals surface area (Å²) in [5.41, 5.74) is 0.397. The number of alkyl halides is 1. The van der Waals surface area contributed by atoms with Crippen LogP contribution in [0.2, 0.25) is 0 Å². The average molecular weight is 203 g/mol. The minimum atomic E-state index is -0.944. The Bertz CT molecular complexity index is 314. The van der Waals surface area contributed by atoms with Crippen molar-refractivity contribution < 1.29 is 13.9 Å². The fourth-order valence-electron chi connectivity index (χ4n) is 0.904. The van der Waals surface area contributed by atoms with E-state index in [1.807, 2.05) is 0 Å². The van der Waals surface area contributed by atoms with Crippen molar-refractivity contribution in [3.63, 3.8) is 0 Å². The Morgan fingerprint density at radius 1 is 1.62 bits per heavy atom. The molecular weight excluding hydrogens is 195 g/mol. The molecular formula is C9H8ClFO2. The summed E-state index contributed by atoms with van der Waals surface area (Å²) in [7, 11) is 1.23. The number of carbonyl (C=O) groups excluding carboxylic acids is 1. The van der Waals surface area contributed by atoms with E-state index in [-0.39, 0.29) is 0 Å². The molecule has 0 aromatic heterocycles. The Kier molecular flexibility index (Phi) is 3.25. The predicted octanol–water partition coefficient (Wildman–Crippen LogP) is 2.28. The fraction of sp³-hybridized carbons (Fsp3) is 0.222. The maximum absolute atomic E-state index is 12.7. The number of ether oxygens (including phenoxy) is 1. The van der Waals surface area contributed by atoms with Crippen molar-refractivity contribution in [2.45, 2.75) is 5.38 Å². The molecule has 0 aliphatic carbocycles. The van der Waals surface area contributed by atoms with Crippen molar-refractivity contribution in [2.75, 3.05) is 7.11 Å². The molecule has 1 unspecified atom stereocenters. The molecule has 0 heterocycles. The molecule has 0 saturated carbocycles. The fourth-order valence-corrected chi connectivity index (χ4v) is 1.13. The van der Waals surface area contributed by atoms with E-state index in [2.05, 4.69) is 4.74 Å². The van der Waals surface area contributed by atoms with E-state index in [0.717, 1.165) is 0 Å². The van der Waals surface area contributed by atoms with Gasteiger partial charge in [0.2, 0.25) is 0 Å². The molecule has 1 aromatic rings. The number of halogens is 2. The van der Waals surface area contributed by atoms with Crippen LogP contribution in [-0.2, 0) is 9.53 Å². The molecule has 0 radical (unpaired) electrons. The monoisotopic (exact) mass is 202 g/mol. The second-order valence-electron chi connectivity index (χ2n) is 2.44. The maximum atomic E-state index is 12.7. The van der Waals surface area contributed by atoms with Gasteiger partial charge in [0.05, 0.1) is 7.11 Å². The lowest BCUT2D eigenvalue weighted by atomic mass is 10.1. The molecule has 0 bridgehead atoms. The molecule has 0 aliphatic rings. The Morgan fingerprint density at radius 3 is 2.85 bits per heavy atom. The van der Waals surface area contributed by atoms with Gasteiger partial charge in [-0.05, 0) is 17.7 Å². The Labute approximate surface area is 80.3 Å². The van der Waals surface area contributed by atoms with Crippen LogP contribution in [0.15, 0.2) is 24.3 Å². The van der Waals surface area contributed by atoms with Crippen LogP contribution in [0.4, 0.5) is 4.39 Å². The smallest absolute Gasteiger partial charge is 0.328 e. The summed E-state index contributed by atoms with van der Waals surface area (Å²) in [5, 5.41) is -0.944. The van der Waals surface area contributed by atoms with Crippen LogP contribution in [0.25, 0.3) is 0 Å². The second kappa shape index (κ2) is 4.23. The highest BCUT2D eigenvalue weighted by Crippen LogP contribution is 2.21. The molecule has 13 heavy (non-hydrogen) atoms. The molecule has 0 saturated heterocycles. The van der Waals surface area contributed by atoms with E-state index in [4.69, 9.17) is 11.6 Å². The second-order valence-corrected chi connectivity index (χ2v) is 2.88. The van der Waals surface area contributed by atoms with E-state index in [1.54, 1.807) is 6.07 Å². The van der Waals surface area contributed by atoms with Gasteiger partial charge in [-0.3, -0.25) is 4.79 Å². The van der Waals surface area contributed by atoms with E-state index >= 15 is 0 Å². The SMILES string of the molecule is COC(=O)C(Cl)c1cccc(F)c1. The van der Waals surface area contributed by atoms with Crippen LogP contribution in [-0.4, -0.2) is 13.1 Å². The average Bonchev–Trinajstić information content (AvgIpc) is 2.15. The van der Waals surface area contributed by atoms with Crippen LogP contribution in [0.5, 0.6) is 0 Å². The third kappa shape index (κ3) is 2.42. The van der Waals surface area contributed by atoms with Gasteiger partial charge in [-0.2, -0.15) is 0 Å². The lowest BCUT2D eigenvalue weighted by Gasteiger charge is -2.06. The van der Waals surface area contributed by atoms with Crippen molar-refractivity contribution in [3.05, 3.63) is 35.6 Å². The highest BCUT2D eigenvalue weighted by Gasteiger charge is 2.17. The normalized spacial score (nSPS) is 12.2. The number of esters is 1. The van der Waals surface area contributed by atoms with E-state index in [9.17, 15) is 9.18 Å². The van der Waals surface area contributed by atoms with Gasteiger partial charge in [-0.1, -0.05) is 12.1 Å². The van der Waals surface area contributed by atoms with Crippen molar-refractivity contribution in [2.24, 2.45) is 0 Å². The van der Waals surface area contributed by atoms with Crippen molar-refractivity contribution in [1.82, 2.24) is 0 Å². The summed E-state index contributed by atoms with van der Waals surface area (Å²) in [6.07, 6.45) is 0. The molecule has 0 spiro atoms. The highest BCUT2D eigenvalue weighted by atomic mass is 35.5. The molecule has 4 heteroatoms. The Morgan fingerprint density at radius 2 is 2.31 bits per heavy atom. The summed E-state index contributed by atoms with van der Waals surface area (Å²) in [6.45, 7) is 0. The number of hydrogen-bond acceptors (Lipinski definition) is 2. The first-order valence-electron chi connectivity index (χ1n) is 3.62. The molecule has 0 aliphatic heterocycles. The predicted molar refractivity (Wildman–Crippen MR) is 47.0 cm³/mol. The van der Waals surface area contributed by atoms with E-state index in [1.165, 1.54) is 25.3 Å². The molecule has 0 N–H and O–H groups in total. The summed E-state index contributed by atoms with van der Waals surface area (Å²) >= 11 is 5.69. The molecule has 0 amide bonds. The zero-order valence-corrected chi connectivity index (χ0v) is 7.72. The van der Waals surface area contributed by atoms with Crippen LogP contribution in [0.1, 0.15) is 10.9 Å². The van der Waals surface area contributed by atoms with Gasteiger partial charge in [0.25, 0.3) is 0 Å². The third-order valence-electron chi connectivity index (χ3n) is 1.55. The van der Waals surface area contributed by atoms with Gasteiger partial charge in [0, 0.05) is 0 Å². The third-order valence-corrected chi connectivity index (χ3v) is 1.98. The van der Waals surface area contributed by atoms with Crippen molar-refractivity contribution in [1.29, 1.82) is 0 Å². The van der Waals surface area contributed by atoms with Crippen LogP contribution in [0, 0.1) is 5.82 Å². The summed E-state index contributed by atoms with van der Waals surface area (Å²) in [5.74, 6) is -1.01. The maximum Gasteiger partial charge on any atom is 0.328 e. The van der Waals surface area contributed by atoms with Gasteiger partial charge in [-0.15, -0.1) is 11.6 Å². The van der Waals surface area contributed by atoms with Crippen LogP contribution >= 0.6 is 11.6 Å². The van der Waals surface area contributed by atoms with Crippen LogP contribution in [0.3, 0.4) is 0 Å². The molecule has 70 valence electrons. The molecule has 1 aromatic carbocycles.